The molecule has 7 heteroatoms. The number of hydrogen-bond acceptors (Lipinski definition) is 5. The monoisotopic (exact) mass is 214 g/mol. The van der Waals surface area contributed by atoms with Gasteiger partial charge in [-0.05, 0) is 12.1 Å². The van der Waals surface area contributed by atoms with E-state index >= 15 is 0 Å². The third kappa shape index (κ3) is 1.26. The third-order valence-electron chi connectivity index (χ3n) is 2.15. The van der Waals surface area contributed by atoms with E-state index < -0.39 is 0 Å². The van der Waals surface area contributed by atoms with Crippen molar-refractivity contribution in [3.63, 3.8) is 0 Å². The molecule has 2 N–H and O–H groups in total. The van der Waals surface area contributed by atoms with Crippen LogP contribution in [0.15, 0.2) is 29.3 Å². The van der Waals surface area contributed by atoms with Crippen LogP contribution in [0, 0.1) is 0 Å². The number of rotatable bonds is 1. The van der Waals surface area contributed by atoms with E-state index in [0.29, 0.717) is 11.5 Å². The zero-order valence-corrected chi connectivity index (χ0v) is 8.01. The van der Waals surface area contributed by atoms with Gasteiger partial charge in [-0.3, -0.25) is 9.78 Å². The van der Waals surface area contributed by atoms with Crippen LogP contribution in [0.4, 0.5) is 0 Å². The molecule has 0 radical (unpaired) electrons. The molecule has 0 aliphatic carbocycles. The number of hydrogen-bond donors (Lipinski definition) is 2. The highest BCUT2D eigenvalue weighted by Crippen LogP contribution is 2.12. The number of pyridine rings is 1. The molecule has 3 aromatic heterocycles. The van der Waals surface area contributed by atoms with Crippen LogP contribution in [0.3, 0.4) is 0 Å². The summed E-state index contributed by atoms with van der Waals surface area (Å²) in [6, 6.07) is 3.51. The van der Waals surface area contributed by atoms with E-state index in [1.54, 1.807) is 24.5 Å². The summed E-state index contributed by atoms with van der Waals surface area (Å²) < 4.78 is 0. The standard InChI is InChI=1S/C9H6N6O/c16-9-6-8(14-15-13-6)11-7(12-9)5-1-3-10-4-2-5/h1-4H,(H2,11,12,13,14,15,16). The van der Waals surface area contributed by atoms with Crippen LogP contribution in [0.25, 0.3) is 22.6 Å². The third-order valence-corrected chi connectivity index (χ3v) is 2.15. The lowest BCUT2D eigenvalue weighted by molar-refractivity contribution is 0.954. The molecule has 0 amide bonds. The number of H-pyrrole nitrogens is 2. The zero-order chi connectivity index (χ0) is 11.0. The SMILES string of the molecule is O=c1[nH]c(-c2ccncc2)nc2n[nH]nc12. The molecule has 16 heavy (non-hydrogen) atoms. The quantitative estimate of drug-likeness (QED) is 0.598. The molecule has 3 aromatic rings. The topological polar surface area (TPSA) is 100 Å². The zero-order valence-electron chi connectivity index (χ0n) is 8.01. The van der Waals surface area contributed by atoms with Gasteiger partial charge in [0.05, 0.1) is 0 Å². The normalized spacial score (nSPS) is 10.8. The van der Waals surface area contributed by atoms with Gasteiger partial charge in [-0.1, -0.05) is 0 Å². The average Bonchev–Trinajstić information content (AvgIpc) is 2.79. The van der Waals surface area contributed by atoms with Crippen molar-refractivity contribution in [2.24, 2.45) is 0 Å². The second-order valence-electron chi connectivity index (χ2n) is 3.15. The Hall–Kier alpha value is -2.57. The van der Waals surface area contributed by atoms with Crippen molar-refractivity contribution in [1.82, 2.24) is 30.4 Å². The minimum Gasteiger partial charge on any atom is -0.304 e. The van der Waals surface area contributed by atoms with Crippen molar-refractivity contribution in [3.8, 4) is 11.4 Å². The number of nitrogens with one attached hydrogen (secondary N) is 2. The van der Waals surface area contributed by atoms with Gasteiger partial charge in [0.1, 0.15) is 5.82 Å². The fourth-order valence-electron chi connectivity index (χ4n) is 1.40. The van der Waals surface area contributed by atoms with E-state index in [9.17, 15) is 4.79 Å². The van der Waals surface area contributed by atoms with Crippen LogP contribution in [0.5, 0.6) is 0 Å². The van der Waals surface area contributed by atoms with Gasteiger partial charge in [0.2, 0.25) is 5.65 Å². The Morgan fingerprint density at radius 3 is 2.75 bits per heavy atom. The molecule has 3 rings (SSSR count). The molecule has 7 nitrogen and oxygen atoms in total. The van der Waals surface area contributed by atoms with Gasteiger partial charge in [-0.15, -0.1) is 10.2 Å². The van der Waals surface area contributed by atoms with Crippen molar-refractivity contribution < 1.29 is 0 Å². The van der Waals surface area contributed by atoms with Crippen LogP contribution < -0.4 is 5.56 Å². The summed E-state index contributed by atoms with van der Waals surface area (Å²) in [6.45, 7) is 0. The summed E-state index contributed by atoms with van der Waals surface area (Å²) in [6.07, 6.45) is 3.25. The molecule has 0 fully saturated rings. The van der Waals surface area contributed by atoms with Gasteiger partial charge in [-0.25, -0.2) is 4.98 Å². The van der Waals surface area contributed by atoms with Gasteiger partial charge < -0.3 is 4.98 Å². The van der Waals surface area contributed by atoms with Crippen molar-refractivity contribution in [2.45, 2.75) is 0 Å². The maximum atomic E-state index is 11.6. The summed E-state index contributed by atoms with van der Waals surface area (Å²) in [5, 5.41) is 9.84. The maximum Gasteiger partial charge on any atom is 0.281 e. The first-order chi connectivity index (χ1) is 7.84. The van der Waals surface area contributed by atoms with Crippen molar-refractivity contribution in [1.29, 1.82) is 0 Å². The smallest absolute Gasteiger partial charge is 0.281 e. The predicted molar refractivity (Wildman–Crippen MR) is 55.5 cm³/mol. The number of fused-ring (bicyclic) bond motifs is 1. The minimum atomic E-state index is -0.314. The lowest BCUT2D eigenvalue weighted by Crippen LogP contribution is -2.09. The Bertz CT molecular complexity index is 686. The summed E-state index contributed by atoms with van der Waals surface area (Å²) in [4.78, 5) is 22.3. The van der Waals surface area contributed by atoms with Crippen molar-refractivity contribution in [2.75, 3.05) is 0 Å². The van der Waals surface area contributed by atoms with Crippen LogP contribution in [0.1, 0.15) is 0 Å². The highest BCUT2D eigenvalue weighted by atomic mass is 16.1. The highest BCUT2D eigenvalue weighted by molar-refractivity contribution is 5.70. The summed E-state index contributed by atoms with van der Waals surface area (Å²) in [5.74, 6) is 0.453. The lowest BCUT2D eigenvalue weighted by Gasteiger charge is -1.98. The van der Waals surface area contributed by atoms with E-state index in [-0.39, 0.29) is 11.1 Å². The largest absolute Gasteiger partial charge is 0.304 e. The molecular formula is C9H6N6O. The molecule has 0 aliphatic heterocycles. The first kappa shape index (κ1) is 8.72. The molecule has 0 spiro atoms. The summed E-state index contributed by atoms with van der Waals surface area (Å²) in [5.41, 5.74) is 0.968. The van der Waals surface area contributed by atoms with E-state index in [0.717, 1.165) is 5.56 Å². The minimum absolute atomic E-state index is 0.206. The maximum absolute atomic E-state index is 11.6. The van der Waals surface area contributed by atoms with E-state index in [1.165, 1.54) is 0 Å². The average molecular weight is 214 g/mol. The molecule has 0 aromatic carbocycles. The Labute approximate surface area is 88.6 Å². The molecule has 0 saturated carbocycles. The van der Waals surface area contributed by atoms with Gasteiger partial charge in [0.25, 0.3) is 5.56 Å². The molecule has 0 bridgehead atoms. The molecule has 78 valence electrons. The molecular weight excluding hydrogens is 208 g/mol. The summed E-state index contributed by atoms with van der Waals surface area (Å²) in [7, 11) is 0. The highest BCUT2D eigenvalue weighted by Gasteiger charge is 2.08. The van der Waals surface area contributed by atoms with Crippen molar-refractivity contribution >= 4 is 11.2 Å². The second kappa shape index (κ2) is 3.23. The van der Waals surface area contributed by atoms with E-state index in [4.69, 9.17) is 0 Å². The fourth-order valence-corrected chi connectivity index (χ4v) is 1.40. The van der Waals surface area contributed by atoms with Gasteiger partial charge >= 0.3 is 0 Å². The van der Waals surface area contributed by atoms with Gasteiger partial charge in [-0.2, -0.15) is 5.21 Å². The number of aromatic nitrogens is 6. The van der Waals surface area contributed by atoms with Crippen LogP contribution >= 0.6 is 0 Å². The molecule has 0 saturated heterocycles. The van der Waals surface area contributed by atoms with E-state index in [1.807, 2.05) is 0 Å². The Kier molecular flexibility index (Phi) is 1.76. The second-order valence-corrected chi connectivity index (χ2v) is 3.15. The predicted octanol–water partition coefficient (Wildman–Crippen LogP) is 0.103. The lowest BCUT2D eigenvalue weighted by atomic mass is 10.2. The van der Waals surface area contributed by atoms with Crippen LogP contribution in [-0.4, -0.2) is 30.4 Å². The first-order valence-electron chi connectivity index (χ1n) is 4.56. The van der Waals surface area contributed by atoms with Crippen LogP contribution in [0.2, 0.25) is 0 Å². The fraction of sp³-hybridized carbons (Fsp3) is 0. The molecule has 0 atom stereocenters. The van der Waals surface area contributed by atoms with Gasteiger partial charge in [0, 0.05) is 18.0 Å². The molecule has 0 unspecified atom stereocenters. The van der Waals surface area contributed by atoms with E-state index in [2.05, 4.69) is 30.4 Å². The number of aromatic amines is 2. The molecule has 3 heterocycles. The Balaban J connectivity index is 2.30. The van der Waals surface area contributed by atoms with Crippen LogP contribution in [-0.2, 0) is 0 Å². The molecule has 0 aliphatic rings. The first-order valence-corrected chi connectivity index (χ1v) is 4.56. The summed E-state index contributed by atoms with van der Waals surface area (Å²) >= 11 is 0. The van der Waals surface area contributed by atoms with Gasteiger partial charge in [0.15, 0.2) is 5.52 Å². The Morgan fingerprint density at radius 1 is 1.12 bits per heavy atom. The van der Waals surface area contributed by atoms with Crippen molar-refractivity contribution in [3.05, 3.63) is 34.9 Å². The number of nitrogens with zero attached hydrogens (tertiary/aromatic N) is 4. The Morgan fingerprint density at radius 2 is 1.94 bits per heavy atom.